The number of rotatable bonds is 7. The second kappa shape index (κ2) is 10.1. The minimum absolute atomic E-state index is 0.00693. The number of piperidine rings is 1. The van der Waals surface area contributed by atoms with Gasteiger partial charge >= 0.3 is 0 Å². The maximum absolute atomic E-state index is 12.7. The molecule has 4 rings (SSSR count). The van der Waals surface area contributed by atoms with E-state index in [9.17, 15) is 4.79 Å². The molecule has 7 heteroatoms. The molecule has 2 heterocycles. The van der Waals surface area contributed by atoms with E-state index in [-0.39, 0.29) is 11.8 Å². The minimum atomic E-state index is 0.00693. The highest BCUT2D eigenvalue weighted by molar-refractivity contribution is 5.79. The van der Waals surface area contributed by atoms with E-state index in [4.69, 9.17) is 9.47 Å². The average Bonchev–Trinajstić information content (AvgIpc) is 2.87. The molecule has 1 N–H and O–H groups in total. The van der Waals surface area contributed by atoms with Crippen molar-refractivity contribution in [3.63, 3.8) is 0 Å². The fourth-order valence-electron chi connectivity index (χ4n) is 3.96. The van der Waals surface area contributed by atoms with E-state index in [2.05, 4.69) is 20.4 Å². The standard InChI is InChI=1S/C25H28N4O3/c1-31-21-9-7-18(8-10-21)22-11-12-24(28-27-22)29-15-13-19(14-16-29)25(30)26-17-20-5-3-4-6-23(20)32-2/h3-12,19H,13-17H2,1-2H3,(H,26,30). The zero-order valence-electron chi connectivity index (χ0n) is 18.5. The van der Waals surface area contributed by atoms with Gasteiger partial charge in [-0.1, -0.05) is 18.2 Å². The van der Waals surface area contributed by atoms with Crippen LogP contribution in [-0.4, -0.2) is 43.4 Å². The Balaban J connectivity index is 1.29. The molecule has 0 atom stereocenters. The molecule has 7 nitrogen and oxygen atoms in total. The molecule has 1 saturated heterocycles. The van der Waals surface area contributed by atoms with Crippen molar-refractivity contribution in [2.24, 2.45) is 5.92 Å². The second-order valence-corrected chi connectivity index (χ2v) is 7.80. The van der Waals surface area contributed by atoms with E-state index < -0.39 is 0 Å². The second-order valence-electron chi connectivity index (χ2n) is 7.80. The van der Waals surface area contributed by atoms with Crippen LogP contribution in [0.15, 0.2) is 60.7 Å². The lowest BCUT2D eigenvalue weighted by Gasteiger charge is -2.31. The van der Waals surface area contributed by atoms with Crippen LogP contribution in [0, 0.1) is 5.92 Å². The summed E-state index contributed by atoms with van der Waals surface area (Å²) >= 11 is 0. The third-order valence-electron chi connectivity index (χ3n) is 5.87. The monoisotopic (exact) mass is 432 g/mol. The zero-order valence-corrected chi connectivity index (χ0v) is 18.5. The van der Waals surface area contributed by atoms with Gasteiger partial charge in [0.25, 0.3) is 0 Å². The van der Waals surface area contributed by atoms with Crippen molar-refractivity contribution >= 4 is 11.7 Å². The molecule has 0 spiro atoms. The van der Waals surface area contributed by atoms with Gasteiger partial charge in [0.05, 0.1) is 19.9 Å². The molecule has 166 valence electrons. The van der Waals surface area contributed by atoms with Gasteiger partial charge in [0.1, 0.15) is 11.5 Å². The number of nitrogens with zero attached hydrogens (tertiary/aromatic N) is 3. The predicted molar refractivity (Wildman–Crippen MR) is 124 cm³/mol. The van der Waals surface area contributed by atoms with Crippen LogP contribution in [0.5, 0.6) is 11.5 Å². The topological polar surface area (TPSA) is 76.6 Å². The highest BCUT2D eigenvalue weighted by Gasteiger charge is 2.25. The lowest BCUT2D eigenvalue weighted by Crippen LogP contribution is -2.40. The molecular formula is C25H28N4O3. The van der Waals surface area contributed by atoms with Crippen LogP contribution in [0.3, 0.4) is 0 Å². The molecule has 1 aliphatic rings. The molecule has 32 heavy (non-hydrogen) atoms. The Morgan fingerprint density at radius 3 is 2.38 bits per heavy atom. The molecule has 1 aromatic heterocycles. The van der Waals surface area contributed by atoms with Crippen molar-refractivity contribution in [1.82, 2.24) is 15.5 Å². The molecule has 0 radical (unpaired) electrons. The summed E-state index contributed by atoms with van der Waals surface area (Å²) < 4.78 is 10.6. The number of carbonyl (C=O) groups excluding carboxylic acids is 1. The third-order valence-corrected chi connectivity index (χ3v) is 5.87. The van der Waals surface area contributed by atoms with E-state index in [1.54, 1.807) is 14.2 Å². The summed E-state index contributed by atoms with van der Waals surface area (Å²) in [6, 6.07) is 19.5. The Kier molecular flexibility index (Phi) is 6.84. The van der Waals surface area contributed by atoms with Crippen molar-refractivity contribution < 1.29 is 14.3 Å². The lowest BCUT2D eigenvalue weighted by molar-refractivity contribution is -0.125. The number of benzene rings is 2. The van der Waals surface area contributed by atoms with Gasteiger partial charge < -0.3 is 19.7 Å². The first kappa shape index (κ1) is 21.6. The van der Waals surface area contributed by atoms with Crippen LogP contribution in [-0.2, 0) is 11.3 Å². The number of aromatic nitrogens is 2. The Labute approximate surface area is 188 Å². The highest BCUT2D eigenvalue weighted by atomic mass is 16.5. The summed E-state index contributed by atoms with van der Waals surface area (Å²) in [5.41, 5.74) is 2.80. The smallest absolute Gasteiger partial charge is 0.223 e. The number of hydrogen-bond donors (Lipinski definition) is 1. The van der Waals surface area contributed by atoms with E-state index in [1.807, 2.05) is 60.7 Å². The maximum Gasteiger partial charge on any atom is 0.223 e. The van der Waals surface area contributed by atoms with Crippen molar-refractivity contribution in [3.8, 4) is 22.8 Å². The van der Waals surface area contributed by atoms with Gasteiger partial charge in [-0.2, -0.15) is 0 Å². The molecule has 0 saturated carbocycles. The number of methoxy groups -OCH3 is 2. The Hall–Kier alpha value is -3.61. The number of ether oxygens (including phenoxy) is 2. The number of para-hydroxylation sites is 1. The maximum atomic E-state index is 12.7. The Bertz CT molecular complexity index is 1030. The summed E-state index contributed by atoms with van der Waals surface area (Å²) in [6.07, 6.45) is 1.58. The Morgan fingerprint density at radius 2 is 1.72 bits per heavy atom. The Morgan fingerprint density at radius 1 is 0.969 bits per heavy atom. The van der Waals surface area contributed by atoms with Crippen LogP contribution in [0.1, 0.15) is 18.4 Å². The number of carbonyl (C=O) groups is 1. The van der Waals surface area contributed by atoms with E-state index in [0.29, 0.717) is 6.54 Å². The lowest BCUT2D eigenvalue weighted by atomic mass is 9.95. The van der Waals surface area contributed by atoms with Gasteiger partial charge in [-0.25, -0.2) is 0 Å². The van der Waals surface area contributed by atoms with Gasteiger partial charge in [0.2, 0.25) is 5.91 Å². The van der Waals surface area contributed by atoms with Gasteiger partial charge in [0.15, 0.2) is 5.82 Å². The summed E-state index contributed by atoms with van der Waals surface area (Å²) in [6.45, 7) is 2.04. The van der Waals surface area contributed by atoms with E-state index in [1.165, 1.54) is 0 Å². The summed E-state index contributed by atoms with van der Waals surface area (Å²) in [4.78, 5) is 14.8. The fourth-order valence-corrected chi connectivity index (χ4v) is 3.96. The molecule has 1 amide bonds. The molecule has 0 aliphatic carbocycles. The number of anilines is 1. The van der Waals surface area contributed by atoms with Gasteiger partial charge in [-0.3, -0.25) is 4.79 Å². The van der Waals surface area contributed by atoms with Crippen LogP contribution in [0.4, 0.5) is 5.82 Å². The number of amides is 1. The molecule has 1 fully saturated rings. The average molecular weight is 433 g/mol. The van der Waals surface area contributed by atoms with Gasteiger partial charge in [-0.15, -0.1) is 10.2 Å². The molecule has 0 unspecified atom stereocenters. The first-order chi connectivity index (χ1) is 15.7. The molecule has 1 aliphatic heterocycles. The molecule has 0 bridgehead atoms. The highest BCUT2D eigenvalue weighted by Crippen LogP contribution is 2.25. The molecular weight excluding hydrogens is 404 g/mol. The van der Waals surface area contributed by atoms with Crippen LogP contribution in [0.2, 0.25) is 0 Å². The molecule has 3 aromatic rings. The quantitative estimate of drug-likeness (QED) is 0.614. The summed E-state index contributed by atoms with van der Waals surface area (Å²) in [5, 5.41) is 11.9. The molecule has 2 aromatic carbocycles. The van der Waals surface area contributed by atoms with E-state index in [0.717, 1.165) is 60.1 Å². The van der Waals surface area contributed by atoms with E-state index >= 15 is 0 Å². The van der Waals surface area contributed by atoms with Crippen LogP contribution >= 0.6 is 0 Å². The summed E-state index contributed by atoms with van der Waals surface area (Å²) in [7, 11) is 3.29. The van der Waals surface area contributed by atoms with Crippen LogP contribution < -0.4 is 19.7 Å². The fraction of sp³-hybridized carbons (Fsp3) is 0.320. The normalized spacial score (nSPS) is 14.1. The first-order valence-electron chi connectivity index (χ1n) is 10.8. The van der Waals surface area contributed by atoms with Crippen molar-refractivity contribution in [3.05, 3.63) is 66.2 Å². The number of nitrogens with one attached hydrogen (secondary N) is 1. The van der Waals surface area contributed by atoms with Crippen molar-refractivity contribution in [1.29, 1.82) is 0 Å². The predicted octanol–water partition coefficient (Wildman–Crippen LogP) is 3.69. The zero-order chi connectivity index (χ0) is 22.3. The largest absolute Gasteiger partial charge is 0.497 e. The number of hydrogen-bond acceptors (Lipinski definition) is 6. The summed E-state index contributed by atoms with van der Waals surface area (Å²) in [5.74, 6) is 2.55. The first-order valence-corrected chi connectivity index (χ1v) is 10.8. The van der Waals surface area contributed by atoms with Crippen molar-refractivity contribution in [2.45, 2.75) is 19.4 Å². The third kappa shape index (κ3) is 4.99. The van der Waals surface area contributed by atoms with Gasteiger partial charge in [-0.05, 0) is 55.3 Å². The SMILES string of the molecule is COc1ccc(-c2ccc(N3CCC(C(=O)NCc4ccccc4OC)CC3)nn2)cc1. The minimum Gasteiger partial charge on any atom is -0.497 e. The van der Waals surface area contributed by atoms with Gasteiger partial charge in [0, 0.05) is 36.7 Å². The van der Waals surface area contributed by atoms with Crippen molar-refractivity contribution in [2.75, 3.05) is 32.2 Å². The van der Waals surface area contributed by atoms with Crippen LogP contribution in [0.25, 0.3) is 11.3 Å².